The van der Waals surface area contributed by atoms with Crippen molar-refractivity contribution in [2.45, 2.75) is 32.2 Å². The van der Waals surface area contributed by atoms with Gasteiger partial charge in [0.15, 0.2) is 0 Å². The predicted molar refractivity (Wildman–Crippen MR) is 65.8 cm³/mol. The average molecular weight is 229 g/mol. The van der Waals surface area contributed by atoms with E-state index in [1.807, 2.05) is 6.07 Å². The molecule has 0 bridgehead atoms. The summed E-state index contributed by atoms with van der Waals surface area (Å²) in [6.45, 7) is 1.57. The standard InChI is InChI=1S/C14H15NO2/c1-9(16)15-13-3-2-10-6-11-4-5-17-14(11)8-12(10)7-13/h4-6,8,13H,2-3,7H2,1H3,(H,15,16). The van der Waals surface area contributed by atoms with Crippen LogP contribution in [0.25, 0.3) is 11.0 Å². The molecule has 1 atom stereocenters. The lowest BCUT2D eigenvalue weighted by Gasteiger charge is -2.25. The van der Waals surface area contributed by atoms with E-state index in [9.17, 15) is 4.79 Å². The van der Waals surface area contributed by atoms with Crippen LogP contribution in [0.1, 0.15) is 24.5 Å². The Morgan fingerprint density at radius 1 is 1.41 bits per heavy atom. The number of carbonyl (C=O) groups is 1. The van der Waals surface area contributed by atoms with Crippen LogP contribution in [0.4, 0.5) is 0 Å². The molecule has 1 amide bonds. The summed E-state index contributed by atoms with van der Waals surface area (Å²) in [5, 5.41) is 4.16. The van der Waals surface area contributed by atoms with Crippen molar-refractivity contribution in [3.63, 3.8) is 0 Å². The third-order valence-corrected chi connectivity index (χ3v) is 3.41. The quantitative estimate of drug-likeness (QED) is 0.816. The van der Waals surface area contributed by atoms with Crippen LogP contribution in [-0.4, -0.2) is 11.9 Å². The Morgan fingerprint density at radius 2 is 2.29 bits per heavy atom. The lowest BCUT2D eigenvalue weighted by molar-refractivity contribution is -0.119. The highest BCUT2D eigenvalue weighted by Gasteiger charge is 2.20. The summed E-state index contributed by atoms with van der Waals surface area (Å²) in [5.41, 5.74) is 3.63. The number of aryl methyl sites for hydroxylation is 1. The maximum absolute atomic E-state index is 11.1. The van der Waals surface area contributed by atoms with Crippen LogP contribution in [-0.2, 0) is 17.6 Å². The fraction of sp³-hybridized carbons (Fsp3) is 0.357. The minimum Gasteiger partial charge on any atom is -0.464 e. The molecule has 0 fully saturated rings. The molecule has 1 aromatic carbocycles. The van der Waals surface area contributed by atoms with Crippen molar-refractivity contribution in [2.24, 2.45) is 0 Å². The molecular formula is C14H15NO2. The molecule has 3 heteroatoms. The van der Waals surface area contributed by atoms with E-state index >= 15 is 0 Å². The van der Waals surface area contributed by atoms with Gasteiger partial charge in [0, 0.05) is 18.4 Å². The average Bonchev–Trinajstić information content (AvgIpc) is 2.72. The van der Waals surface area contributed by atoms with Gasteiger partial charge >= 0.3 is 0 Å². The molecule has 0 saturated heterocycles. The maximum atomic E-state index is 11.1. The van der Waals surface area contributed by atoms with Crippen LogP contribution >= 0.6 is 0 Å². The largest absolute Gasteiger partial charge is 0.464 e. The van der Waals surface area contributed by atoms with E-state index in [2.05, 4.69) is 17.4 Å². The fourth-order valence-corrected chi connectivity index (χ4v) is 2.63. The molecule has 1 heterocycles. The van der Waals surface area contributed by atoms with Crippen molar-refractivity contribution in [1.82, 2.24) is 5.32 Å². The molecular weight excluding hydrogens is 214 g/mol. The second-order valence-corrected chi connectivity index (χ2v) is 4.72. The molecule has 3 rings (SSSR count). The van der Waals surface area contributed by atoms with Crippen molar-refractivity contribution in [3.05, 3.63) is 35.6 Å². The number of hydrogen-bond acceptors (Lipinski definition) is 2. The first-order valence-electron chi connectivity index (χ1n) is 5.98. The molecule has 1 unspecified atom stereocenters. The molecule has 1 aliphatic carbocycles. The summed E-state index contributed by atoms with van der Waals surface area (Å²) < 4.78 is 5.41. The van der Waals surface area contributed by atoms with Crippen LogP contribution in [0, 0.1) is 0 Å². The summed E-state index contributed by atoms with van der Waals surface area (Å²) in [7, 11) is 0. The van der Waals surface area contributed by atoms with Crippen LogP contribution in [0.5, 0.6) is 0 Å². The van der Waals surface area contributed by atoms with Crippen LogP contribution in [0.2, 0.25) is 0 Å². The maximum Gasteiger partial charge on any atom is 0.217 e. The van der Waals surface area contributed by atoms with Gasteiger partial charge < -0.3 is 9.73 Å². The predicted octanol–water partition coefficient (Wildman–Crippen LogP) is 2.43. The first kappa shape index (κ1) is 10.4. The third-order valence-electron chi connectivity index (χ3n) is 3.41. The summed E-state index contributed by atoms with van der Waals surface area (Å²) >= 11 is 0. The Kier molecular flexibility index (Phi) is 2.39. The summed E-state index contributed by atoms with van der Waals surface area (Å²) in [4.78, 5) is 11.1. The molecule has 0 saturated carbocycles. The lowest BCUT2D eigenvalue weighted by atomic mass is 9.87. The van der Waals surface area contributed by atoms with Gasteiger partial charge in [-0.2, -0.15) is 0 Å². The van der Waals surface area contributed by atoms with Crippen LogP contribution in [0.15, 0.2) is 28.9 Å². The highest BCUT2D eigenvalue weighted by atomic mass is 16.3. The monoisotopic (exact) mass is 229 g/mol. The van der Waals surface area contributed by atoms with Gasteiger partial charge in [0.1, 0.15) is 5.58 Å². The number of amides is 1. The normalized spacial score (nSPS) is 19.0. The van der Waals surface area contributed by atoms with Gasteiger partial charge in [-0.1, -0.05) is 0 Å². The van der Waals surface area contributed by atoms with E-state index in [1.165, 1.54) is 16.5 Å². The molecule has 3 nitrogen and oxygen atoms in total. The van der Waals surface area contributed by atoms with Crippen LogP contribution in [0.3, 0.4) is 0 Å². The smallest absolute Gasteiger partial charge is 0.217 e. The van der Waals surface area contributed by atoms with Crippen molar-refractivity contribution < 1.29 is 9.21 Å². The Labute approximate surface area is 99.8 Å². The summed E-state index contributed by atoms with van der Waals surface area (Å²) in [5.74, 6) is 0.0533. The number of fused-ring (bicyclic) bond motifs is 2. The zero-order valence-corrected chi connectivity index (χ0v) is 9.82. The number of nitrogens with one attached hydrogen (secondary N) is 1. The van der Waals surface area contributed by atoms with Gasteiger partial charge in [-0.05, 0) is 48.6 Å². The van der Waals surface area contributed by atoms with Crippen molar-refractivity contribution in [3.8, 4) is 0 Å². The van der Waals surface area contributed by atoms with E-state index in [4.69, 9.17) is 4.42 Å². The Balaban J connectivity index is 1.92. The number of rotatable bonds is 1. The van der Waals surface area contributed by atoms with Gasteiger partial charge in [-0.15, -0.1) is 0 Å². The molecule has 2 aromatic rings. The first-order valence-corrected chi connectivity index (χ1v) is 5.98. The lowest BCUT2D eigenvalue weighted by Crippen LogP contribution is -2.37. The van der Waals surface area contributed by atoms with E-state index in [0.29, 0.717) is 0 Å². The van der Waals surface area contributed by atoms with Gasteiger partial charge in [0.2, 0.25) is 5.91 Å². The fourth-order valence-electron chi connectivity index (χ4n) is 2.63. The van der Waals surface area contributed by atoms with Crippen LogP contribution < -0.4 is 5.32 Å². The molecule has 88 valence electrons. The van der Waals surface area contributed by atoms with E-state index < -0.39 is 0 Å². The molecule has 1 aromatic heterocycles. The molecule has 1 N–H and O–H groups in total. The molecule has 0 aliphatic heterocycles. The molecule has 17 heavy (non-hydrogen) atoms. The summed E-state index contributed by atoms with van der Waals surface area (Å²) in [6.07, 6.45) is 4.68. The number of benzene rings is 1. The zero-order chi connectivity index (χ0) is 11.8. The first-order chi connectivity index (χ1) is 8.22. The highest BCUT2D eigenvalue weighted by molar-refractivity contribution is 5.79. The second-order valence-electron chi connectivity index (χ2n) is 4.72. The highest BCUT2D eigenvalue weighted by Crippen LogP contribution is 2.27. The van der Waals surface area contributed by atoms with Crippen molar-refractivity contribution >= 4 is 16.9 Å². The number of carbonyl (C=O) groups excluding carboxylic acids is 1. The van der Waals surface area contributed by atoms with Gasteiger partial charge in [0.25, 0.3) is 0 Å². The van der Waals surface area contributed by atoms with E-state index in [-0.39, 0.29) is 11.9 Å². The number of furan rings is 1. The van der Waals surface area contributed by atoms with Gasteiger partial charge in [-0.3, -0.25) is 4.79 Å². The zero-order valence-electron chi connectivity index (χ0n) is 9.82. The van der Waals surface area contributed by atoms with Crippen molar-refractivity contribution in [1.29, 1.82) is 0 Å². The summed E-state index contributed by atoms with van der Waals surface area (Å²) in [6, 6.07) is 6.58. The van der Waals surface area contributed by atoms with E-state index in [0.717, 1.165) is 24.8 Å². The minimum atomic E-state index is 0.0533. The number of hydrogen-bond donors (Lipinski definition) is 1. The minimum absolute atomic E-state index is 0.0533. The van der Waals surface area contributed by atoms with E-state index in [1.54, 1.807) is 13.2 Å². The Hall–Kier alpha value is -1.77. The molecule has 0 spiro atoms. The second kappa shape index (κ2) is 3.91. The Bertz CT molecular complexity index is 571. The van der Waals surface area contributed by atoms with Gasteiger partial charge in [0.05, 0.1) is 6.26 Å². The topological polar surface area (TPSA) is 42.2 Å². The molecule has 0 radical (unpaired) electrons. The van der Waals surface area contributed by atoms with Crippen molar-refractivity contribution in [2.75, 3.05) is 0 Å². The van der Waals surface area contributed by atoms with Gasteiger partial charge in [-0.25, -0.2) is 0 Å². The third kappa shape index (κ3) is 1.93. The molecule has 1 aliphatic rings. The SMILES string of the molecule is CC(=O)NC1CCc2cc3ccoc3cc2C1. The Morgan fingerprint density at radius 3 is 3.12 bits per heavy atom.